The molecule has 0 unspecified atom stereocenters. The Bertz CT molecular complexity index is 471. The number of nitrogens with one attached hydrogen (secondary N) is 1. The quantitative estimate of drug-likeness (QED) is 0.733. The molecule has 0 aromatic heterocycles. The molecule has 0 aliphatic heterocycles. The molecular formula is C10H7N3OS. The molecular weight excluding hydrogens is 210 g/mol. The van der Waals surface area contributed by atoms with E-state index in [4.69, 9.17) is 10.5 Å². The standard InChI is InChI=1S/C10H7N3OS/c11-4-7-1-2-9(3-8(7)5-12)13-10(14)6-15/h1-3,15H,6H2,(H,13,14). The molecule has 74 valence electrons. The second kappa shape index (κ2) is 5.04. The molecule has 0 saturated carbocycles. The molecule has 1 aromatic carbocycles. The maximum absolute atomic E-state index is 11.0. The fraction of sp³-hybridized carbons (Fsp3) is 0.100. The summed E-state index contributed by atoms with van der Waals surface area (Å²) in [7, 11) is 0. The number of rotatable bonds is 2. The Morgan fingerprint density at radius 2 is 2.00 bits per heavy atom. The van der Waals surface area contributed by atoms with Crippen LogP contribution in [0.1, 0.15) is 11.1 Å². The van der Waals surface area contributed by atoms with Gasteiger partial charge in [0.1, 0.15) is 12.1 Å². The summed E-state index contributed by atoms with van der Waals surface area (Å²) in [5.41, 5.74) is 1.03. The van der Waals surface area contributed by atoms with Gasteiger partial charge in [-0.25, -0.2) is 0 Å². The van der Waals surface area contributed by atoms with Crippen molar-refractivity contribution in [1.29, 1.82) is 10.5 Å². The van der Waals surface area contributed by atoms with Crippen LogP contribution in [0.4, 0.5) is 5.69 Å². The SMILES string of the molecule is N#Cc1ccc(NC(=O)CS)cc1C#N. The second-order valence-corrected chi connectivity index (χ2v) is 3.01. The van der Waals surface area contributed by atoms with Crippen molar-refractivity contribution in [2.75, 3.05) is 11.1 Å². The molecule has 4 nitrogen and oxygen atoms in total. The zero-order valence-electron chi connectivity index (χ0n) is 7.69. The number of carbonyl (C=O) groups excluding carboxylic acids is 1. The smallest absolute Gasteiger partial charge is 0.234 e. The largest absolute Gasteiger partial charge is 0.325 e. The Kier molecular flexibility index (Phi) is 3.73. The van der Waals surface area contributed by atoms with E-state index in [0.717, 1.165) is 0 Å². The van der Waals surface area contributed by atoms with Gasteiger partial charge in [0.25, 0.3) is 0 Å². The van der Waals surface area contributed by atoms with Gasteiger partial charge in [-0.05, 0) is 18.2 Å². The van der Waals surface area contributed by atoms with E-state index in [2.05, 4.69) is 17.9 Å². The summed E-state index contributed by atoms with van der Waals surface area (Å²) in [6, 6.07) is 8.30. The van der Waals surface area contributed by atoms with E-state index < -0.39 is 0 Å². The molecule has 0 aliphatic rings. The molecule has 5 heteroatoms. The van der Waals surface area contributed by atoms with Crippen LogP contribution in [-0.2, 0) is 4.79 Å². The van der Waals surface area contributed by atoms with Crippen LogP contribution in [0.25, 0.3) is 0 Å². The Balaban J connectivity index is 3.01. The zero-order chi connectivity index (χ0) is 11.3. The van der Waals surface area contributed by atoms with Crippen LogP contribution < -0.4 is 5.32 Å². The summed E-state index contributed by atoms with van der Waals surface area (Å²) in [5.74, 6) is -0.186. The van der Waals surface area contributed by atoms with Crippen molar-refractivity contribution >= 4 is 24.2 Å². The van der Waals surface area contributed by atoms with Gasteiger partial charge in [-0.3, -0.25) is 4.79 Å². The van der Waals surface area contributed by atoms with Gasteiger partial charge in [0.05, 0.1) is 16.9 Å². The molecule has 1 aromatic rings. The van der Waals surface area contributed by atoms with Gasteiger partial charge in [0.2, 0.25) is 5.91 Å². The van der Waals surface area contributed by atoms with Crippen LogP contribution in [0.3, 0.4) is 0 Å². The Hall–Kier alpha value is -1.98. The predicted octanol–water partition coefficient (Wildman–Crippen LogP) is 1.30. The Labute approximate surface area is 92.5 Å². The summed E-state index contributed by atoms with van der Waals surface area (Å²) in [5, 5.41) is 19.9. The molecule has 1 rings (SSSR count). The lowest BCUT2D eigenvalue weighted by molar-refractivity contribution is -0.113. The number of nitriles is 2. The van der Waals surface area contributed by atoms with Gasteiger partial charge in [-0.1, -0.05) is 0 Å². The maximum atomic E-state index is 11.0. The monoisotopic (exact) mass is 217 g/mol. The van der Waals surface area contributed by atoms with Crippen molar-refractivity contribution in [3.05, 3.63) is 29.3 Å². The van der Waals surface area contributed by atoms with Crippen molar-refractivity contribution in [2.24, 2.45) is 0 Å². The molecule has 0 atom stereocenters. The van der Waals surface area contributed by atoms with Crippen LogP contribution in [-0.4, -0.2) is 11.7 Å². The number of nitrogens with zero attached hydrogens (tertiary/aromatic N) is 2. The first-order chi connectivity index (χ1) is 7.21. The van der Waals surface area contributed by atoms with Gasteiger partial charge in [0, 0.05) is 5.69 Å². The van der Waals surface area contributed by atoms with E-state index in [1.54, 1.807) is 6.07 Å². The summed E-state index contributed by atoms with van der Waals surface area (Å²) in [6.45, 7) is 0. The highest BCUT2D eigenvalue weighted by atomic mass is 32.1. The lowest BCUT2D eigenvalue weighted by atomic mass is 10.1. The van der Waals surface area contributed by atoms with Gasteiger partial charge < -0.3 is 5.32 Å². The van der Waals surface area contributed by atoms with Crippen molar-refractivity contribution < 1.29 is 4.79 Å². The molecule has 1 N–H and O–H groups in total. The normalized spacial score (nSPS) is 8.73. The van der Waals surface area contributed by atoms with E-state index in [-0.39, 0.29) is 17.2 Å². The molecule has 0 heterocycles. The summed E-state index contributed by atoms with van der Waals surface area (Å²) in [6.07, 6.45) is 0. The minimum atomic E-state index is -0.257. The zero-order valence-corrected chi connectivity index (χ0v) is 8.58. The molecule has 1 amide bonds. The summed E-state index contributed by atoms with van der Waals surface area (Å²) < 4.78 is 0. The first kappa shape index (κ1) is 11.1. The van der Waals surface area contributed by atoms with Crippen LogP contribution in [0, 0.1) is 22.7 Å². The highest BCUT2D eigenvalue weighted by Gasteiger charge is 2.04. The average molecular weight is 217 g/mol. The van der Waals surface area contributed by atoms with Crippen molar-refractivity contribution in [3.8, 4) is 12.1 Å². The predicted molar refractivity (Wildman–Crippen MR) is 58.4 cm³/mol. The number of benzene rings is 1. The van der Waals surface area contributed by atoms with E-state index in [1.165, 1.54) is 12.1 Å². The molecule has 0 radical (unpaired) electrons. The summed E-state index contributed by atoms with van der Waals surface area (Å²) >= 11 is 3.80. The van der Waals surface area contributed by atoms with E-state index in [9.17, 15) is 4.79 Å². The van der Waals surface area contributed by atoms with Gasteiger partial charge in [0.15, 0.2) is 0 Å². The van der Waals surface area contributed by atoms with Crippen LogP contribution in [0.2, 0.25) is 0 Å². The third-order valence-electron chi connectivity index (χ3n) is 1.69. The third-order valence-corrected chi connectivity index (χ3v) is 1.98. The van der Waals surface area contributed by atoms with Crippen molar-refractivity contribution in [3.63, 3.8) is 0 Å². The van der Waals surface area contributed by atoms with E-state index >= 15 is 0 Å². The molecule has 0 fully saturated rings. The third kappa shape index (κ3) is 2.73. The number of hydrogen-bond donors (Lipinski definition) is 2. The van der Waals surface area contributed by atoms with Gasteiger partial charge in [-0.2, -0.15) is 23.2 Å². The fourth-order valence-corrected chi connectivity index (χ4v) is 1.09. The fourth-order valence-electron chi connectivity index (χ4n) is 1.01. The average Bonchev–Trinajstić information content (AvgIpc) is 2.28. The summed E-state index contributed by atoms with van der Waals surface area (Å²) in [4.78, 5) is 11.0. The molecule has 15 heavy (non-hydrogen) atoms. The lowest BCUT2D eigenvalue weighted by Gasteiger charge is -2.03. The number of hydrogen-bond acceptors (Lipinski definition) is 4. The van der Waals surface area contributed by atoms with Crippen LogP contribution >= 0.6 is 12.6 Å². The maximum Gasteiger partial charge on any atom is 0.234 e. The minimum Gasteiger partial charge on any atom is -0.325 e. The Morgan fingerprint density at radius 3 is 2.53 bits per heavy atom. The first-order valence-electron chi connectivity index (χ1n) is 4.06. The number of carbonyl (C=O) groups is 1. The number of anilines is 1. The number of thiol groups is 1. The van der Waals surface area contributed by atoms with Gasteiger partial charge in [-0.15, -0.1) is 0 Å². The van der Waals surface area contributed by atoms with Crippen molar-refractivity contribution in [1.82, 2.24) is 0 Å². The topological polar surface area (TPSA) is 76.7 Å². The lowest BCUT2D eigenvalue weighted by Crippen LogP contribution is -2.12. The second-order valence-electron chi connectivity index (χ2n) is 2.69. The van der Waals surface area contributed by atoms with Crippen molar-refractivity contribution in [2.45, 2.75) is 0 Å². The van der Waals surface area contributed by atoms with E-state index in [0.29, 0.717) is 11.3 Å². The molecule has 0 saturated heterocycles. The first-order valence-corrected chi connectivity index (χ1v) is 4.69. The highest BCUT2D eigenvalue weighted by molar-refractivity contribution is 7.81. The molecule has 0 bridgehead atoms. The highest BCUT2D eigenvalue weighted by Crippen LogP contribution is 2.14. The number of amides is 1. The van der Waals surface area contributed by atoms with Crippen LogP contribution in [0.15, 0.2) is 18.2 Å². The van der Waals surface area contributed by atoms with Gasteiger partial charge >= 0.3 is 0 Å². The molecule has 0 aliphatic carbocycles. The van der Waals surface area contributed by atoms with E-state index in [1.807, 2.05) is 12.1 Å². The Morgan fingerprint density at radius 1 is 1.33 bits per heavy atom. The minimum absolute atomic E-state index is 0.0713. The molecule has 0 spiro atoms. The van der Waals surface area contributed by atoms with Crippen LogP contribution in [0.5, 0.6) is 0 Å².